The SMILES string of the molecule is Cl.Nc1ccccc1.O=C(O)N1CCNCC1. The summed E-state index contributed by atoms with van der Waals surface area (Å²) in [6.07, 6.45) is -0.809. The molecule has 5 nitrogen and oxygen atoms in total. The number of piperazine rings is 1. The monoisotopic (exact) mass is 259 g/mol. The average molecular weight is 260 g/mol. The maximum absolute atomic E-state index is 10.3. The third-order valence-corrected chi connectivity index (χ3v) is 2.19. The topological polar surface area (TPSA) is 78.6 Å². The summed E-state index contributed by atoms with van der Waals surface area (Å²) in [5.74, 6) is 0. The fourth-order valence-electron chi connectivity index (χ4n) is 1.31. The molecule has 1 heterocycles. The van der Waals surface area contributed by atoms with Gasteiger partial charge in [-0.2, -0.15) is 0 Å². The Hall–Kier alpha value is -1.46. The van der Waals surface area contributed by atoms with Gasteiger partial charge in [0, 0.05) is 31.9 Å². The highest BCUT2D eigenvalue weighted by Gasteiger charge is 2.13. The Balaban J connectivity index is 0.000000292. The summed E-state index contributed by atoms with van der Waals surface area (Å²) in [5, 5.41) is 11.5. The van der Waals surface area contributed by atoms with E-state index in [1.807, 2.05) is 30.3 Å². The highest BCUT2D eigenvalue weighted by atomic mass is 35.5. The van der Waals surface area contributed by atoms with E-state index in [-0.39, 0.29) is 12.4 Å². The average Bonchev–Trinajstić information content (AvgIpc) is 2.32. The highest BCUT2D eigenvalue weighted by Crippen LogP contribution is 1.95. The first kappa shape index (κ1) is 15.5. The normalized spacial score (nSPS) is 14.0. The number of hydrogen-bond acceptors (Lipinski definition) is 3. The van der Waals surface area contributed by atoms with E-state index in [2.05, 4.69) is 5.32 Å². The van der Waals surface area contributed by atoms with Gasteiger partial charge in [0.2, 0.25) is 0 Å². The predicted molar refractivity (Wildman–Crippen MR) is 70.6 cm³/mol. The van der Waals surface area contributed by atoms with E-state index in [0.717, 1.165) is 18.8 Å². The van der Waals surface area contributed by atoms with Crippen LogP contribution < -0.4 is 11.1 Å². The number of amides is 1. The summed E-state index contributed by atoms with van der Waals surface area (Å²) in [7, 11) is 0. The Morgan fingerprint density at radius 1 is 1.24 bits per heavy atom. The number of nitrogens with two attached hydrogens (primary N) is 1. The van der Waals surface area contributed by atoms with Gasteiger partial charge in [-0.05, 0) is 12.1 Å². The van der Waals surface area contributed by atoms with Crippen molar-refractivity contribution < 1.29 is 9.90 Å². The molecule has 0 spiro atoms. The summed E-state index contributed by atoms with van der Waals surface area (Å²) in [6, 6.07) is 9.49. The minimum absolute atomic E-state index is 0. The lowest BCUT2D eigenvalue weighted by atomic mass is 10.3. The number of rotatable bonds is 0. The molecule has 1 aliphatic rings. The molecule has 0 atom stereocenters. The quantitative estimate of drug-likeness (QED) is 0.613. The van der Waals surface area contributed by atoms with Crippen molar-refractivity contribution in [3.63, 3.8) is 0 Å². The number of nitrogens with zero attached hydrogens (tertiary/aromatic N) is 1. The molecule has 96 valence electrons. The van der Waals surface area contributed by atoms with E-state index in [0.29, 0.717) is 13.1 Å². The van der Waals surface area contributed by atoms with Crippen molar-refractivity contribution in [1.29, 1.82) is 0 Å². The number of benzene rings is 1. The summed E-state index contributed by atoms with van der Waals surface area (Å²) >= 11 is 0. The van der Waals surface area contributed by atoms with Crippen LogP contribution in [0.25, 0.3) is 0 Å². The van der Waals surface area contributed by atoms with Crippen LogP contribution in [-0.4, -0.2) is 42.3 Å². The molecule has 0 unspecified atom stereocenters. The third kappa shape index (κ3) is 6.65. The zero-order valence-electron chi connectivity index (χ0n) is 9.50. The molecule has 0 aromatic heterocycles. The van der Waals surface area contributed by atoms with Gasteiger partial charge in [-0.25, -0.2) is 4.79 Å². The molecule has 4 N–H and O–H groups in total. The molecule has 1 aromatic carbocycles. The standard InChI is InChI=1S/C6H7N.C5H10N2O2.ClH/c7-6-4-2-1-3-5-6;8-5(9)7-3-1-6-2-4-7;/h1-5H,7H2;6H,1-4H2,(H,8,9);1H. The minimum atomic E-state index is -0.809. The van der Waals surface area contributed by atoms with Gasteiger partial charge in [0.05, 0.1) is 0 Å². The lowest BCUT2D eigenvalue weighted by Gasteiger charge is -2.23. The second-order valence-corrected chi connectivity index (χ2v) is 3.43. The Labute approximate surface area is 107 Å². The van der Waals surface area contributed by atoms with Crippen LogP contribution in [0.2, 0.25) is 0 Å². The molecule has 17 heavy (non-hydrogen) atoms. The maximum atomic E-state index is 10.3. The number of para-hydroxylation sites is 1. The Morgan fingerprint density at radius 3 is 2.06 bits per heavy atom. The molecule has 2 rings (SSSR count). The van der Waals surface area contributed by atoms with Gasteiger partial charge in [-0.15, -0.1) is 12.4 Å². The predicted octanol–water partition coefficient (Wildman–Crippen LogP) is 1.26. The first-order valence-electron chi connectivity index (χ1n) is 5.19. The first-order chi connectivity index (χ1) is 7.70. The summed E-state index contributed by atoms with van der Waals surface area (Å²) in [6.45, 7) is 2.81. The fourth-order valence-corrected chi connectivity index (χ4v) is 1.31. The van der Waals surface area contributed by atoms with Crippen molar-refractivity contribution in [2.75, 3.05) is 31.9 Å². The molecule has 6 heteroatoms. The Morgan fingerprint density at radius 2 is 1.76 bits per heavy atom. The molecule has 1 fully saturated rings. The molecule has 1 amide bonds. The number of anilines is 1. The molecule has 1 aliphatic heterocycles. The molecular formula is C11H18ClN3O2. The first-order valence-corrected chi connectivity index (χ1v) is 5.19. The van der Waals surface area contributed by atoms with Gasteiger partial charge in [0.1, 0.15) is 0 Å². The highest BCUT2D eigenvalue weighted by molar-refractivity contribution is 5.85. The number of carbonyl (C=O) groups is 1. The van der Waals surface area contributed by atoms with Gasteiger partial charge in [0.15, 0.2) is 0 Å². The molecule has 0 saturated carbocycles. The third-order valence-electron chi connectivity index (χ3n) is 2.19. The van der Waals surface area contributed by atoms with Gasteiger partial charge < -0.3 is 21.1 Å². The number of nitrogens with one attached hydrogen (secondary N) is 1. The van der Waals surface area contributed by atoms with Gasteiger partial charge in [-0.1, -0.05) is 18.2 Å². The summed E-state index contributed by atoms with van der Waals surface area (Å²) in [5.41, 5.74) is 6.18. The van der Waals surface area contributed by atoms with E-state index in [9.17, 15) is 4.79 Å². The van der Waals surface area contributed by atoms with Crippen LogP contribution in [0.1, 0.15) is 0 Å². The molecule has 1 saturated heterocycles. The van der Waals surface area contributed by atoms with Crippen LogP contribution in [0.3, 0.4) is 0 Å². The van der Waals surface area contributed by atoms with Crippen LogP contribution in [0.4, 0.5) is 10.5 Å². The van der Waals surface area contributed by atoms with Crippen molar-refractivity contribution in [3.8, 4) is 0 Å². The van der Waals surface area contributed by atoms with Gasteiger partial charge >= 0.3 is 6.09 Å². The Kier molecular flexibility index (Phi) is 7.92. The van der Waals surface area contributed by atoms with E-state index in [1.165, 1.54) is 4.90 Å². The van der Waals surface area contributed by atoms with Crippen LogP contribution in [0.15, 0.2) is 30.3 Å². The Bertz CT molecular complexity index is 316. The van der Waals surface area contributed by atoms with Crippen LogP contribution in [0.5, 0.6) is 0 Å². The lowest BCUT2D eigenvalue weighted by molar-refractivity contribution is 0.139. The van der Waals surface area contributed by atoms with Gasteiger partial charge in [0.25, 0.3) is 0 Å². The molecule has 0 radical (unpaired) electrons. The second kappa shape index (κ2) is 8.66. The van der Waals surface area contributed by atoms with Crippen molar-refractivity contribution in [1.82, 2.24) is 10.2 Å². The number of carboxylic acid groups (broad SMARTS) is 1. The van der Waals surface area contributed by atoms with E-state index >= 15 is 0 Å². The molecule has 0 aliphatic carbocycles. The second-order valence-electron chi connectivity index (χ2n) is 3.43. The molecule has 1 aromatic rings. The maximum Gasteiger partial charge on any atom is 0.407 e. The van der Waals surface area contributed by atoms with Crippen molar-refractivity contribution >= 4 is 24.2 Å². The number of hydrogen-bond donors (Lipinski definition) is 3. The zero-order chi connectivity index (χ0) is 11.8. The smallest absolute Gasteiger partial charge is 0.407 e. The van der Waals surface area contributed by atoms with Crippen molar-refractivity contribution in [2.24, 2.45) is 0 Å². The van der Waals surface area contributed by atoms with E-state index in [1.54, 1.807) is 0 Å². The number of nitrogen functional groups attached to an aromatic ring is 1. The minimum Gasteiger partial charge on any atom is -0.465 e. The lowest BCUT2D eigenvalue weighted by Crippen LogP contribution is -2.45. The molecule has 0 bridgehead atoms. The molecular weight excluding hydrogens is 242 g/mol. The van der Waals surface area contributed by atoms with Crippen LogP contribution >= 0.6 is 12.4 Å². The zero-order valence-corrected chi connectivity index (χ0v) is 10.3. The van der Waals surface area contributed by atoms with Crippen molar-refractivity contribution in [3.05, 3.63) is 30.3 Å². The van der Waals surface area contributed by atoms with Crippen LogP contribution in [-0.2, 0) is 0 Å². The van der Waals surface area contributed by atoms with Gasteiger partial charge in [-0.3, -0.25) is 0 Å². The van der Waals surface area contributed by atoms with E-state index in [4.69, 9.17) is 10.8 Å². The number of halogens is 1. The largest absolute Gasteiger partial charge is 0.465 e. The van der Waals surface area contributed by atoms with E-state index < -0.39 is 6.09 Å². The van der Waals surface area contributed by atoms with Crippen molar-refractivity contribution in [2.45, 2.75) is 0 Å². The summed E-state index contributed by atoms with van der Waals surface area (Å²) in [4.78, 5) is 11.7. The fraction of sp³-hybridized carbons (Fsp3) is 0.364. The van der Waals surface area contributed by atoms with Crippen LogP contribution in [0, 0.1) is 0 Å². The summed E-state index contributed by atoms with van der Waals surface area (Å²) < 4.78 is 0.